The van der Waals surface area contributed by atoms with Crippen LogP contribution < -0.4 is 64.3 Å². The van der Waals surface area contributed by atoms with Crippen molar-refractivity contribution in [3.8, 4) is 56.6 Å². The van der Waals surface area contributed by atoms with Gasteiger partial charge in [-0.2, -0.15) is 15.0 Å². The van der Waals surface area contributed by atoms with E-state index in [1.165, 1.54) is 24.3 Å². The molecule has 0 radical (unpaired) electrons. The maximum Gasteiger partial charge on any atom is 0.488 e. The summed E-state index contributed by atoms with van der Waals surface area (Å²) in [5.74, 6) is 6.22. The SMILES string of the molecule is COc1cc(-n2cnc(N)c2)cc(OC)c1OC.COc1cc(-n2cnc(Nc3nc(N4CCC[C@H]4CO)c4ccc(-c5cccc(NS(C)(=O)=O)c5)cc4n3)c2)cc(C)c1C.CS(=O)(=O)Nc1cccc(-c2ccc3c(N4CCC[C@H]4CO)nc(Cl)nc3c2)c1.CS(=O)(=O)Nc1cccc(B(O)O)c1.OC[C@@H]1CCCN1c1nc(Cl)nc2cc(Br)ccc12. The van der Waals surface area contributed by atoms with Crippen molar-refractivity contribution in [3.05, 3.63) is 203 Å². The molecule has 40 heteroatoms. The number of aryl methyl sites for hydroxylation is 1. The summed E-state index contributed by atoms with van der Waals surface area (Å²) in [4.78, 5) is 42.1. The van der Waals surface area contributed by atoms with Gasteiger partial charge in [-0.25, -0.2) is 50.2 Å². The normalized spacial score (nSPS) is 15.0. The number of nitrogens with two attached hydrogens (primary N) is 1. The van der Waals surface area contributed by atoms with E-state index in [1.807, 2.05) is 116 Å². The summed E-state index contributed by atoms with van der Waals surface area (Å²) in [5, 5.41) is 53.2. The molecule has 0 bridgehead atoms. The van der Waals surface area contributed by atoms with Gasteiger partial charge in [0.1, 0.15) is 41.7 Å². The minimum Gasteiger partial charge on any atom is -0.496 e. The highest BCUT2D eigenvalue weighted by Crippen LogP contribution is 2.41. The van der Waals surface area contributed by atoms with Gasteiger partial charge in [0, 0.05) is 75.5 Å². The number of sulfonamides is 3. The monoisotopic (exact) mass is 1850 g/mol. The van der Waals surface area contributed by atoms with Crippen LogP contribution in [0.3, 0.4) is 0 Å². The van der Waals surface area contributed by atoms with Crippen LogP contribution in [0.4, 0.5) is 52.1 Å². The standard InChI is InChI=1S/C32H35N7O4S.C20H21ClN4O3S.C13H13BrClN3O.C12H15N3O3.C7H10BNO4S/c1-20-13-26(16-29(43-3)21(20)2)38-17-30(33-19-38)35-32-34-28-15-23(22-7-5-8-24(14-22)37-44(4,41)42)10-11-27(28)31(36-32)39-12-6-9-25(39)18-40;1-29(27,28)24-15-5-2-4-13(10-15)14-7-8-17-18(11-14)22-20(21)23-19(17)25-9-3-6-16(25)12-26;14-8-3-4-10-11(6-8)16-13(15)17-12(10)18-5-1-2-9(18)7-19;1-16-9-4-8(15-6-11(13)14-7-15)5-10(17-2)12(9)18-3;1-14(12,13)9-7-4-2-3-6(5-7)8(10)11/h5,7-8,10-11,13-17,19,25,37,40H,6,9,12,18H2,1-4H3,(H,34,35,36);2,4-5,7-8,10-11,16,24,26H,3,6,9,12H2,1H3;3-4,6,9,19H,1-2,5,7H2;4-7H,13H2,1-3H3;2-5,9-11H,1H3/t25-;16-;9-;;/m000../s1. The fourth-order valence-corrected chi connectivity index (χ4v) is 17.0. The van der Waals surface area contributed by atoms with Crippen LogP contribution in [0.25, 0.3) is 66.3 Å². The molecule has 3 aliphatic rings. The van der Waals surface area contributed by atoms with Crippen LogP contribution in [0, 0.1) is 13.8 Å². The van der Waals surface area contributed by atoms with Gasteiger partial charge in [-0.1, -0.05) is 64.5 Å². The third kappa shape index (κ3) is 23.3. The van der Waals surface area contributed by atoms with Crippen molar-refractivity contribution >= 4 is 167 Å². The van der Waals surface area contributed by atoms with E-state index < -0.39 is 37.2 Å². The van der Waals surface area contributed by atoms with E-state index in [1.54, 1.807) is 82.2 Å². The lowest BCUT2D eigenvalue weighted by Crippen LogP contribution is -2.33. The number of hydrogen-bond acceptors (Lipinski definition) is 28. The molecule has 8 aromatic carbocycles. The van der Waals surface area contributed by atoms with Crippen molar-refractivity contribution in [1.29, 1.82) is 0 Å². The van der Waals surface area contributed by atoms with E-state index >= 15 is 0 Å². The summed E-state index contributed by atoms with van der Waals surface area (Å²) in [6, 6.07) is 45.7. The number of anilines is 9. The van der Waals surface area contributed by atoms with Gasteiger partial charge in [0.05, 0.1) is 125 Å². The number of methoxy groups -OCH3 is 4. The number of ether oxygens (including phenoxy) is 4. The molecule has 3 aliphatic heterocycles. The molecule has 3 saturated heterocycles. The Bertz CT molecular complexity index is 6340. The first kappa shape index (κ1) is 91.8. The molecular formula is C84H94BBrCl2N18O15S3. The van der Waals surface area contributed by atoms with Crippen molar-refractivity contribution in [2.45, 2.75) is 70.5 Å². The second kappa shape index (κ2) is 40.5. The maximum atomic E-state index is 11.8. The lowest BCUT2D eigenvalue weighted by atomic mass is 9.80. The first-order chi connectivity index (χ1) is 59.2. The molecular weight excluding hydrogens is 1760 g/mol. The Morgan fingerprint density at radius 3 is 1.36 bits per heavy atom. The number of benzene rings is 8. The molecule has 13 aromatic rings. The summed E-state index contributed by atoms with van der Waals surface area (Å²) in [6.45, 7) is 6.81. The first-order valence-corrected chi connectivity index (χ1v) is 46.2. The van der Waals surface area contributed by atoms with Crippen molar-refractivity contribution in [2.75, 3.05) is 127 Å². The summed E-state index contributed by atoms with van der Waals surface area (Å²) < 4.78 is 102. The Hall–Kier alpha value is -11.4. The number of imidazole rings is 2. The number of nitrogens with one attached hydrogen (secondary N) is 4. The van der Waals surface area contributed by atoms with Crippen LogP contribution in [-0.2, 0) is 30.1 Å². The predicted octanol–water partition coefficient (Wildman–Crippen LogP) is 11.7. The van der Waals surface area contributed by atoms with Crippen LogP contribution in [0.1, 0.15) is 49.7 Å². The lowest BCUT2D eigenvalue weighted by Gasteiger charge is -2.26. The fraction of sp³-hybridized carbons (Fsp3) is 0.286. The zero-order valence-corrected chi connectivity index (χ0v) is 74.7. The second-order valence-electron chi connectivity index (χ2n) is 29.4. The molecule has 11 N–H and O–H groups in total. The number of aliphatic hydroxyl groups is 3. The fourth-order valence-electron chi connectivity index (χ4n) is 14.7. The molecule has 0 saturated carbocycles. The first-order valence-electron chi connectivity index (χ1n) is 38.9. The Labute approximate surface area is 736 Å². The largest absolute Gasteiger partial charge is 0.496 e. The third-order valence-corrected chi connectivity index (χ3v) is 23.1. The zero-order valence-electron chi connectivity index (χ0n) is 69.1. The number of nitrogens with zero attached hydrogens (tertiary/aromatic N) is 13. The van der Waals surface area contributed by atoms with Gasteiger partial charge >= 0.3 is 7.12 Å². The quantitative estimate of drug-likeness (QED) is 0.0210. The zero-order chi connectivity index (χ0) is 88.9. The number of halogens is 3. The molecule has 652 valence electrons. The number of aromatic nitrogens is 10. The highest BCUT2D eigenvalue weighted by atomic mass is 79.9. The predicted molar refractivity (Wildman–Crippen MR) is 492 cm³/mol. The van der Waals surface area contributed by atoms with E-state index in [9.17, 15) is 40.6 Å². The van der Waals surface area contributed by atoms with E-state index in [0.717, 1.165) is 171 Å². The van der Waals surface area contributed by atoms with Gasteiger partial charge in [0.15, 0.2) is 17.3 Å². The van der Waals surface area contributed by atoms with E-state index in [-0.39, 0.29) is 54.0 Å². The minimum atomic E-state index is -3.41. The maximum absolute atomic E-state index is 11.8. The van der Waals surface area contributed by atoms with Crippen molar-refractivity contribution in [1.82, 2.24) is 49.0 Å². The van der Waals surface area contributed by atoms with Gasteiger partial charge in [-0.15, -0.1) is 0 Å². The van der Waals surface area contributed by atoms with Crippen molar-refractivity contribution < 1.29 is 69.6 Å². The van der Waals surface area contributed by atoms with E-state index in [4.69, 9.17) is 67.9 Å². The summed E-state index contributed by atoms with van der Waals surface area (Å²) in [6.07, 6.45) is 16.0. The van der Waals surface area contributed by atoms with E-state index in [2.05, 4.69) is 86.1 Å². The Balaban J connectivity index is 0.000000151. The van der Waals surface area contributed by atoms with Gasteiger partial charge < -0.3 is 79.2 Å². The average Bonchev–Trinajstić information content (AvgIpc) is 1.32. The van der Waals surface area contributed by atoms with E-state index in [0.29, 0.717) is 62.9 Å². The Kier molecular flexibility index (Phi) is 30.0. The van der Waals surface area contributed by atoms with Crippen LogP contribution in [0.5, 0.6) is 23.0 Å². The number of aliphatic hydroxyl groups excluding tert-OH is 3. The molecule has 3 fully saturated rings. The number of nitrogen functional groups attached to an aromatic ring is 1. The van der Waals surface area contributed by atoms with Crippen molar-refractivity contribution in [3.63, 3.8) is 0 Å². The van der Waals surface area contributed by atoms with Gasteiger partial charge in [-0.05, 0) is 199 Å². The third-order valence-electron chi connectivity index (χ3n) is 20.5. The highest BCUT2D eigenvalue weighted by Gasteiger charge is 2.31. The molecule has 8 heterocycles. The van der Waals surface area contributed by atoms with Crippen molar-refractivity contribution in [2.24, 2.45) is 0 Å². The van der Waals surface area contributed by atoms with Crippen LogP contribution in [0.15, 0.2) is 181 Å². The summed E-state index contributed by atoms with van der Waals surface area (Å²) >= 11 is 15.7. The van der Waals surface area contributed by atoms with Crippen LogP contribution in [-0.4, -0.2) is 212 Å². The molecule has 0 amide bonds. The molecule has 0 aliphatic carbocycles. The smallest absolute Gasteiger partial charge is 0.488 e. The highest BCUT2D eigenvalue weighted by molar-refractivity contribution is 9.10. The summed E-state index contributed by atoms with van der Waals surface area (Å²) in [5.41, 5.74) is 16.7. The minimum absolute atomic E-state index is 0.0293. The van der Waals surface area contributed by atoms with Crippen LogP contribution in [0.2, 0.25) is 10.6 Å². The summed E-state index contributed by atoms with van der Waals surface area (Å²) in [7, 11) is -5.32. The number of hydrogen-bond donors (Lipinski definition) is 10. The Morgan fingerprint density at radius 2 is 0.911 bits per heavy atom. The molecule has 124 heavy (non-hydrogen) atoms. The number of rotatable bonds is 23. The van der Waals surface area contributed by atoms with Gasteiger partial charge in [0.2, 0.25) is 52.3 Å². The average molecular weight is 1850 g/mol. The molecule has 33 nitrogen and oxygen atoms in total. The van der Waals surface area contributed by atoms with Crippen LogP contribution >= 0.6 is 39.1 Å². The molecule has 0 unspecified atom stereocenters. The molecule has 3 atom stereocenters. The molecule has 16 rings (SSSR count). The molecule has 0 spiro atoms. The Morgan fingerprint density at radius 1 is 0.492 bits per heavy atom. The lowest BCUT2D eigenvalue weighted by molar-refractivity contribution is 0.266. The topological polar surface area (TPSA) is 437 Å². The number of fused-ring (bicyclic) bond motifs is 3. The molecule has 5 aromatic heterocycles. The van der Waals surface area contributed by atoms with Gasteiger partial charge in [-0.3, -0.25) is 14.2 Å². The van der Waals surface area contributed by atoms with Gasteiger partial charge in [0.25, 0.3) is 0 Å². The second-order valence-corrected chi connectivity index (χ2v) is 36.2.